The summed E-state index contributed by atoms with van der Waals surface area (Å²) in [5, 5.41) is 6.24. The van der Waals surface area contributed by atoms with Crippen LogP contribution >= 0.6 is 0 Å². The number of hydrogen-bond acceptors (Lipinski definition) is 4. The Morgan fingerprint density at radius 2 is 1.83 bits per heavy atom. The molecule has 0 aromatic heterocycles. The van der Waals surface area contributed by atoms with E-state index in [1.54, 1.807) is 12.1 Å². The minimum absolute atomic E-state index is 0.156. The highest BCUT2D eigenvalue weighted by molar-refractivity contribution is 7.89. The Kier molecular flexibility index (Phi) is 6.15. The van der Waals surface area contributed by atoms with Gasteiger partial charge in [0, 0.05) is 18.2 Å². The number of rotatable bonds is 6. The highest BCUT2D eigenvalue weighted by atomic mass is 32.2. The van der Waals surface area contributed by atoms with Gasteiger partial charge in [0.25, 0.3) is 5.91 Å². The van der Waals surface area contributed by atoms with Gasteiger partial charge in [-0.1, -0.05) is 13.8 Å². The number of hydrogen-bond donors (Lipinski definition) is 3. The van der Waals surface area contributed by atoms with E-state index in [4.69, 9.17) is 0 Å². The van der Waals surface area contributed by atoms with Crippen LogP contribution in [-0.4, -0.2) is 40.0 Å². The van der Waals surface area contributed by atoms with E-state index in [1.807, 2.05) is 13.8 Å². The van der Waals surface area contributed by atoms with Crippen LogP contribution in [0.25, 0.3) is 0 Å². The van der Waals surface area contributed by atoms with Gasteiger partial charge in [-0.25, -0.2) is 13.1 Å². The molecule has 7 heteroatoms. The van der Waals surface area contributed by atoms with Crippen molar-refractivity contribution in [3.8, 4) is 0 Å². The molecule has 1 saturated heterocycles. The highest BCUT2D eigenvalue weighted by Crippen LogP contribution is 2.12. The maximum absolute atomic E-state index is 12.2. The molecule has 1 amide bonds. The quantitative estimate of drug-likeness (QED) is 0.724. The zero-order valence-corrected chi connectivity index (χ0v) is 14.4. The molecule has 1 fully saturated rings. The first-order valence-electron chi connectivity index (χ1n) is 8.00. The predicted octanol–water partition coefficient (Wildman–Crippen LogP) is 1.10. The average Bonchev–Trinajstić information content (AvgIpc) is 2.54. The normalized spacial score (nSPS) is 16.5. The Morgan fingerprint density at radius 1 is 1.22 bits per heavy atom. The van der Waals surface area contributed by atoms with Gasteiger partial charge in [-0.15, -0.1) is 0 Å². The second kappa shape index (κ2) is 7.90. The van der Waals surface area contributed by atoms with E-state index in [2.05, 4.69) is 15.4 Å². The van der Waals surface area contributed by atoms with Gasteiger partial charge < -0.3 is 10.6 Å². The summed E-state index contributed by atoms with van der Waals surface area (Å²) in [7, 11) is -3.51. The van der Waals surface area contributed by atoms with Gasteiger partial charge >= 0.3 is 0 Å². The zero-order valence-electron chi connectivity index (χ0n) is 13.6. The van der Waals surface area contributed by atoms with E-state index in [0.717, 1.165) is 25.9 Å². The summed E-state index contributed by atoms with van der Waals surface area (Å²) in [6.45, 7) is 6.08. The fraction of sp³-hybridized carbons (Fsp3) is 0.562. The largest absolute Gasteiger partial charge is 0.349 e. The fourth-order valence-corrected chi connectivity index (χ4v) is 3.59. The van der Waals surface area contributed by atoms with Crippen molar-refractivity contribution in [2.45, 2.75) is 37.6 Å². The SMILES string of the molecule is CC(C)CNS(=O)(=O)c1ccc(C(=O)NC2CCNCC2)cc1. The first-order chi connectivity index (χ1) is 10.9. The number of nitrogens with one attached hydrogen (secondary N) is 3. The topological polar surface area (TPSA) is 87.3 Å². The number of carbonyl (C=O) groups excluding carboxylic acids is 1. The first kappa shape index (κ1) is 17.9. The van der Waals surface area contributed by atoms with Gasteiger partial charge in [-0.05, 0) is 56.1 Å². The van der Waals surface area contributed by atoms with Crippen molar-refractivity contribution in [3.05, 3.63) is 29.8 Å². The van der Waals surface area contributed by atoms with Crippen LogP contribution in [0.1, 0.15) is 37.0 Å². The van der Waals surface area contributed by atoms with Crippen molar-refractivity contribution in [2.75, 3.05) is 19.6 Å². The van der Waals surface area contributed by atoms with Crippen molar-refractivity contribution < 1.29 is 13.2 Å². The molecular formula is C16H25N3O3S. The van der Waals surface area contributed by atoms with Gasteiger partial charge in [-0.2, -0.15) is 0 Å². The van der Waals surface area contributed by atoms with Crippen molar-refractivity contribution in [3.63, 3.8) is 0 Å². The lowest BCUT2D eigenvalue weighted by atomic mass is 10.1. The molecule has 1 aliphatic rings. The Hall–Kier alpha value is -1.44. The van der Waals surface area contributed by atoms with E-state index in [9.17, 15) is 13.2 Å². The van der Waals surface area contributed by atoms with Crippen molar-refractivity contribution in [2.24, 2.45) is 5.92 Å². The Balaban J connectivity index is 1.99. The lowest BCUT2D eigenvalue weighted by Crippen LogP contribution is -2.42. The molecule has 1 aliphatic heterocycles. The number of benzene rings is 1. The predicted molar refractivity (Wildman–Crippen MR) is 89.8 cm³/mol. The van der Waals surface area contributed by atoms with Crippen LogP contribution in [0.4, 0.5) is 0 Å². The Bertz CT molecular complexity index is 620. The van der Waals surface area contributed by atoms with Gasteiger partial charge in [0.05, 0.1) is 4.90 Å². The molecule has 2 rings (SSSR count). The highest BCUT2D eigenvalue weighted by Gasteiger charge is 2.18. The summed E-state index contributed by atoms with van der Waals surface area (Å²) in [6.07, 6.45) is 1.83. The lowest BCUT2D eigenvalue weighted by Gasteiger charge is -2.23. The van der Waals surface area contributed by atoms with E-state index in [1.165, 1.54) is 12.1 Å². The van der Waals surface area contributed by atoms with E-state index < -0.39 is 10.0 Å². The molecular weight excluding hydrogens is 314 g/mol. The van der Waals surface area contributed by atoms with Gasteiger partial charge in [0.2, 0.25) is 10.0 Å². The molecule has 0 saturated carbocycles. The summed E-state index contributed by atoms with van der Waals surface area (Å²) in [4.78, 5) is 12.4. The molecule has 0 spiro atoms. The minimum Gasteiger partial charge on any atom is -0.349 e. The third-order valence-corrected chi connectivity index (χ3v) is 5.22. The van der Waals surface area contributed by atoms with Crippen LogP contribution < -0.4 is 15.4 Å². The van der Waals surface area contributed by atoms with Crippen molar-refractivity contribution in [1.29, 1.82) is 0 Å². The van der Waals surface area contributed by atoms with E-state index in [0.29, 0.717) is 12.1 Å². The molecule has 0 atom stereocenters. The third-order valence-electron chi connectivity index (χ3n) is 3.78. The summed E-state index contributed by atoms with van der Waals surface area (Å²) in [5.74, 6) is 0.0794. The Labute approximate surface area is 138 Å². The van der Waals surface area contributed by atoms with E-state index >= 15 is 0 Å². The zero-order chi connectivity index (χ0) is 16.9. The average molecular weight is 339 g/mol. The molecule has 23 heavy (non-hydrogen) atoms. The monoisotopic (exact) mass is 339 g/mol. The molecule has 0 aliphatic carbocycles. The van der Waals surface area contributed by atoms with Crippen LogP contribution in [-0.2, 0) is 10.0 Å². The summed E-state index contributed by atoms with van der Waals surface area (Å²) in [6, 6.07) is 6.24. The third kappa shape index (κ3) is 5.30. The molecule has 3 N–H and O–H groups in total. The van der Waals surface area contributed by atoms with Crippen LogP contribution in [0.2, 0.25) is 0 Å². The van der Waals surface area contributed by atoms with Gasteiger partial charge in [0.15, 0.2) is 0 Å². The summed E-state index contributed by atoms with van der Waals surface area (Å²) in [5.41, 5.74) is 0.478. The van der Waals surface area contributed by atoms with Crippen LogP contribution in [0.3, 0.4) is 0 Å². The van der Waals surface area contributed by atoms with Gasteiger partial charge in [0.1, 0.15) is 0 Å². The molecule has 1 aromatic carbocycles. The molecule has 6 nitrogen and oxygen atoms in total. The maximum atomic E-state index is 12.2. The van der Waals surface area contributed by atoms with Crippen LogP contribution in [0.15, 0.2) is 29.2 Å². The molecule has 1 heterocycles. The van der Waals surface area contributed by atoms with Crippen molar-refractivity contribution in [1.82, 2.24) is 15.4 Å². The van der Waals surface area contributed by atoms with Crippen LogP contribution in [0.5, 0.6) is 0 Å². The smallest absolute Gasteiger partial charge is 0.251 e. The maximum Gasteiger partial charge on any atom is 0.251 e. The molecule has 0 radical (unpaired) electrons. The second-order valence-corrected chi connectivity index (χ2v) is 8.03. The molecule has 1 aromatic rings. The fourth-order valence-electron chi connectivity index (χ4n) is 2.38. The number of carbonyl (C=O) groups is 1. The van der Waals surface area contributed by atoms with Gasteiger partial charge in [-0.3, -0.25) is 4.79 Å². The molecule has 0 bridgehead atoms. The summed E-state index contributed by atoms with van der Waals surface area (Å²) >= 11 is 0. The molecule has 0 unspecified atom stereocenters. The summed E-state index contributed by atoms with van der Waals surface area (Å²) < 4.78 is 26.8. The number of amides is 1. The number of piperidine rings is 1. The number of sulfonamides is 1. The standard InChI is InChI=1S/C16H25N3O3S/c1-12(2)11-18-23(21,22)15-5-3-13(4-6-15)16(20)19-14-7-9-17-10-8-14/h3-6,12,14,17-18H,7-11H2,1-2H3,(H,19,20). The van der Waals surface area contributed by atoms with Crippen molar-refractivity contribution >= 4 is 15.9 Å². The minimum atomic E-state index is -3.51. The second-order valence-electron chi connectivity index (χ2n) is 6.27. The van der Waals surface area contributed by atoms with E-state index in [-0.39, 0.29) is 22.8 Å². The molecule has 128 valence electrons. The lowest BCUT2D eigenvalue weighted by molar-refractivity contribution is 0.0929. The Morgan fingerprint density at radius 3 is 2.39 bits per heavy atom. The van der Waals surface area contributed by atoms with Crippen LogP contribution in [0, 0.1) is 5.92 Å². The first-order valence-corrected chi connectivity index (χ1v) is 9.48.